The lowest BCUT2D eigenvalue weighted by Crippen LogP contribution is -2.34. The minimum absolute atomic E-state index is 0.0600. The Labute approximate surface area is 180 Å². The Bertz CT molecular complexity index is 1110. The van der Waals surface area contributed by atoms with E-state index in [4.69, 9.17) is 20.8 Å². The lowest BCUT2D eigenvalue weighted by Gasteiger charge is -2.11. The number of halogens is 1. The van der Waals surface area contributed by atoms with Crippen LogP contribution in [0.2, 0.25) is 5.02 Å². The van der Waals surface area contributed by atoms with Crippen LogP contribution >= 0.6 is 11.6 Å². The Morgan fingerprint density at radius 1 is 1.20 bits per heavy atom. The maximum absolute atomic E-state index is 13.0. The highest BCUT2D eigenvalue weighted by atomic mass is 35.5. The average Bonchev–Trinajstić information content (AvgIpc) is 3.26. The summed E-state index contributed by atoms with van der Waals surface area (Å²) >= 11 is 6.13. The van der Waals surface area contributed by atoms with Crippen LogP contribution in [0.1, 0.15) is 48.5 Å². The molecule has 1 N–H and O–H groups in total. The third-order valence-corrected chi connectivity index (χ3v) is 5.49. The van der Waals surface area contributed by atoms with Crippen LogP contribution in [0.4, 0.5) is 5.69 Å². The van der Waals surface area contributed by atoms with Gasteiger partial charge in [0, 0.05) is 23.6 Å². The van der Waals surface area contributed by atoms with Gasteiger partial charge in [-0.25, -0.2) is 4.99 Å². The van der Waals surface area contributed by atoms with E-state index >= 15 is 0 Å². The molecule has 0 aliphatic carbocycles. The molecule has 0 unspecified atom stereocenters. The summed E-state index contributed by atoms with van der Waals surface area (Å²) in [4.78, 5) is 17.6. The average molecular weight is 425 g/mol. The van der Waals surface area contributed by atoms with Gasteiger partial charge in [-0.15, -0.1) is 0 Å². The Balaban J connectivity index is 1.72. The predicted octanol–water partition coefficient (Wildman–Crippen LogP) is 5.35. The van der Waals surface area contributed by atoms with E-state index in [0.29, 0.717) is 28.6 Å². The lowest BCUT2D eigenvalue weighted by molar-refractivity contribution is 0.0854. The van der Waals surface area contributed by atoms with Crippen LogP contribution in [0.5, 0.6) is 0 Å². The molecule has 1 aromatic heterocycles. The summed E-state index contributed by atoms with van der Waals surface area (Å²) in [5.41, 5.74) is 3.22. The fourth-order valence-electron chi connectivity index (χ4n) is 3.51. The van der Waals surface area contributed by atoms with Crippen molar-refractivity contribution < 1.29 is 13.9 Å². The first-order valence-corrected chi connectivity index (χ1v) is 10.7. The summed E-state index contributed by atoms with van der Waals surface area (Å²) in [6, 6.07) is 15.0. The largest absolute Gasteiger partial charge is 0.438 e. The van der Waals surface area contributed by atoms with Gasteiger partial charge in [0.15, 0.2) is 0 Å². The van der Waals surface area contributed by atoms with E-state index in [0.717, 1.165) is 30.5 Å². The van der Waals surface area contributed by atoms with Gasteiger partial charge in [-0.3, -0.25) is 4.79 Å². The molecular weight excluding hydrogens is 400 g/mol. The van der Waals surface area contributed by atoms with E-state index in [-0.39, 0.29) is 17.6 Å². The molecular formula is C24H25ClN2O3. The van der Waals surface area contributed by atoms with Crippen LogP contribution in [0.25, 0.3) is 11.0 Å². The van der Waals surface area contributed by atoms with Crippen molar-refractivity contribution >= 4 is 34.2 Å². The number of fused-ring (bicyclic) bond motifs is 1. The number of carbonyl (C=O) groups excluding carboxylic acids is 1. The number of rotatable bonds is 5. The standard InChI is InChI=1S/C24H25ClN2O3/c1-15(2)16-5-8-19(9-6-16)27-24-21(23(28)26-14-20-4-3-11-29-20)13-17-12-18(25)7-10-22(17)30-24/h5-10,12-13,15,20H,3-4,11,14H2,1-2H3,(H,26,28)/t20-/m1/s1. The third-order valence-electron chi connectivity index (χ3n) is 5.26. The summed E-state index contributed by atoms with van der Waals surface area (Å²) in [5.74, 6) is 0.196. The van der Waals surface area contributed by atoms with Crippen molar-refractivity contribution in [3.8, 4) is 0 Å². The maximum Gasteiger partial charge on any atom is 0.256 e. The zero-order chi connectivity index (χ0) is 21.1. The molecule has 1 fully saturated rings. The van der Waals surface area contributed by atoms with Crippen molar-refractivity contribution in [1.29, 1.82) is 0 Å². The van der Waals surface area contributed by atoms with Crippen molar-refractivity contribution in [2.45, 2.75) is 38.7 Å². The van der Waals surface area contributed by atoms with E-state index in [2.05, 4.69) is 24.2 Å². The Hall–Kier alpha value is -2.63. The van der Waals surface area contributed by atoms with Gasteiger partial charge in [-0.05, 0) is 60.7 Å². The molecule has 0 spiro atoms. The van der Waals surface area contributed by atoms with Crippen molar-refractivity contribution in [2.24, 2.45) is 4.99 Å². The van der Waals surface area contributed by atoms with Gasteiger partial charge in [0.05, 0.1) is 11.8 Å². The molecule has 156 valence electrons. The first kappa shape index (κ1) is 20.6. The van der Waals surface area contributed by atoms with E-state index in [9.17, 15) is 4.79 Å². The summed E-state index contributed by atoms with van der Waals surface area (Å²) < 4.78 is 11.6. The molecule has 5 nitrogen and oxygen atoms in total. The number of benzene rings is 2. The SMILES string of the molecule is CC(C)c1ccc(N=c2oc3ccc(Cl)cc3cc2C(=O)NC[C@H]2CCCO2)cc1. The molecule has 3 aromatic rings. The fraction of sp³-hybridized carbons (Fsp3) is 0.333. The minimum atomic E-state index is -0.242. The van der Waals surface area contributed by atoms with Gasteiger partial charge in [-0.2, -0.15) is 0 Å². The molecule has 1 atom stereocenters. The summed E-state index contributed by atoms with van der Waals surface area (Å²) in [6.07, 6.45) is 2.04. The Morgan fingerprint density at radius 3 is 2.70 bits per heavy atom. The minimum Gasteiger partial charge on any atom is -0.438 e. The molecule has 0 radical (unpaired) electrons. The fourth-order valence-corrected chi connectivity index (χ4v) is 3.69. The van der Waals surface area contributed by atoms with Crippen molar-refractivity contribution in [1.82, 2.24) is 5.32 Å². The van der Waals surface area contributed by atoms with Crippen LogP contribution in [0, 0.1) is 0 Å². The zero-order valence-electron chi connectivity index (χ0n) is 17.2. The Kier molecular flexibility index (Phi) is 6.21. The van der Waals surface area contributed by atoms with Crippen LogP contribution < -0.4 is 10.9 Å². The van der Waals surface area contributed by atoms with Crippen molar-refractivity contribution in [3.05, 3.63) is 70.2 Å². The highest BCUT2D eigenvalue weighted by Crippen LogP contribution is 2.21. The maximum atomic E-state index is 13.0. The monoisotopic (exact) mass is 424 g/mol. The molecule has 1 saturated heterocycles. The van der Waals surface area contributed by atoms with Gasteiger partial charge in [0.2, 0.25) is 5.55 Å². The highest BCUT2D eigenvalue weighted by Gasteiger charge is 2.18. The van der Waals surface area contributed by atoms with Crippen molar-refractivity contribution in [2.75, 3.05) is 13.2 Å². The number of ether oxygens (including phenoxy) is 1. The van der Waals surface area contributed by atoms with Gasteiger partial charge < -0.3 is 14.5 Å². The van der Waals surface area contributed by atoms with E-state index in [1.165, 1.54) is 5.56 Å². The van der Waals surface area contributed by atoms with Crippen LogP contribution in [0.3, 0.4) is 0 Å². The molecule has 6 heteroatoms. The molecule has 30 heavy (non-hydrogen) atoms. The quantitative estimate of drug-likeness (QED) is 0.600. The molecule has 2 heterocycles. The second kappa shape index (κ2) is 9.02. The number of hydrogen-bond acceptors (Lipinski definition) is 4. The summed E-state index contributed by atoms with van der Waals surface area (Å²) in [7, 11) is 0. The highest BCUT2D eigenvalue weighted by molar-refractivity contribution is 6.31. The summed E-state index contributed by atoms with van der Waals surface area (Å²) in [5, 5.41) is 4.28. The van der Waals surface area contributed by atoms with E-state index in [1.807, 2.05) is 24.3 Å². The number of nitrogens with one attached hydrogen (secondary N) is 1. The van der Waals surface area contributed by atoms with Crippen LogP contribution in [-0.4, -0.2) is 25.2 Å². The first-order chi connectivity index (χ1) is 14.5. The lowest BCUT2D eigenvalue weighted by atomic mass is 10.0. The van der Waals surface area contributed by atoms with Gasteiger partial charge in [-0.1, -0.05) is 37.6 Å². The number of hydrogen-bond donors (Lipinski definition) is 1. The number of nitrogens with zero attached hydrogens (tertiary/aromatic N) is 1. The molecule has 1 aliphatic heterocycles. The first-order valence-electron chi connectivity index (χ1n) is 10.3. The predicted molar refractivity (Wildman–Crippen MR) is 118 cm³/mol. The molecule has 0 saturated carbocycles. The molecule has 4 rings (SSSR count). The molecule has 1 amide bonds. The van der Waals surface area contributed by atoms with Gasteiger partial charge >= 0.3 is 0 Å². The van der Waals surface area contributed by atoms with Crippen LogP contribution in [-0.2, 0) is 4.74 Å². The smallest absolute Gasteiger partial charge is 0.256 e. The molecule has 2 aromatic carbocycles. The third kappa shape index (κ3) is 4.74. The normalized spacial score (nSPS) is 17.1. The van der Waals surface area contributed by atoms with Gasteiger partial charge in [0.1, 0.15) is 11.1 Å². The zero-order valence-corrected chi connectivity index (χ0v) is 17.9. The number of carbonyl (C=O) groups is 1. The molecule has 0 bridgehead atoms. The van der Waals surface area contributed by atoms with Crippen LogP contribution in [0.15, 0.2) is 57.9 Å². The van der Waals surface area contributed by atoms with E-state index in [1.54, 1.807) is 24.3 Å². The Morgan fingerprint density at radius 2 is 2.00 bits per heavy atom. The number of amides is 1. The van der Waals surface area contributed by atoms with Crippen molar-refractivity contribution in [3.63, 3.8) is 0 Å². The summed E-state index contributed by atoms with van der Waals surface area (Å²) in [6.45, 7) is 5.51. The second-order valence-corrected chi connectivity index (χ2v) is 8.29. The van der Waals surface area contributed by atoms with Gasteiger partial charge in [0.25, 0.3) is 5.91 Å². The second-order valence-electron chi connectivity index (χ2n) is 7.85. The topological polar surface area (TPSA) is 63.8 Å². The van der Waals surface area contributed by atoms with E-state index < -0.39 is 0 Å². The molecule has 1 aliphatic rings.